The molecule has 21 heavy (non-hydrogen) atoms. The number of ether oxygens (including phenoxy) is 1. The van der Waals surface area contributed by atoms with Crippen molar-refractivity contribution in [3.8, 4) is 5.75 Å². The summed E-state index contributed by atoms with van der Waals surface area (Å²) in [5.74, 6) is -2.02. The minimum absolute atomic E-state index is 0.0243. The summed E-state index contributed by atoms with van der Waals surface area (Å²) in [5.41, 5.74) is 4.99. The van der Waals surface area contributed by atoms with Crippen molar-refractivity contribution >= 4 is 11.4 Å². The summed E-state index contributed by atoms with van der Waals surface area (Å²) in [6.07, 6.45) is -4.16. The van der Waals surface area contributed by atoms with E-state index in [1.54, 1.807) is 6.92 Å². The van der Waals surface area contributed by atoms with E-state index in [-0.39, 0.29) is 17.9 Å². The molecule has 1 aromatic rings. The largest absolute Gasteiger partial charge is 0.432 e. The van der Waals surface area contributed by atoms with Gasteiger partial charge in [-0.1, -0.05) is 6.92 Å². The van der Waals surface area contributed by atoms with Gasteiger partial charge in [0.15, 0.2) is 11.6 Å². The second-order valence-corrected chi connectivity index (χ2v) is 4.26. The average Bonchev–Trinajstić information content (AvgIpc) is 2.30. The van der Waals surface area contributed by atoms with Gasteiger partial charge >= 0.3 is 12.8 Å². The third-order valence-corrected chi connectivity index (χ3v) is 2.50. The van der Waals surface area contributed by atoms with Crippen molar-refractivity contribution in [3.05, 3.63) is 17.9 Å². The summed E-state index contributed by atoms with van der Waals surface area (Å²) in [6, 6.07) is 1.41. The fraction of sp³-hybridized carbons (Fsp3) is 0.500. The highest BCUT2D eigenvalue weighted by atomic mass is 19.4. The molecule has 0 fully saturated rings. The van der Waals surface area contributed by atoms with Crippen LogP contribution in [0.4, 0.5) is 37.7 Å². The number of hydrogen-bond donors (Lipinski definition) is 1. The van der Waals surface area contributed by atoms with Crippen LogP contribution in [-0.2, 0) is 0 Å². The molecule has 2 N–H and O–H groups in total. The number of rotatable bonds is 6. The molecule has 0 aliphatic carbocycles. The first kappa shape index (κ1) is 17.3. The minimum Gasteiger partial charge on any atom is -0.432 e. The molecule has 0 spiro atoms. The maximum Gasteiger partial charge on any atom is 0.405 e. The van der Waals surface area contributed by atoms with E-state index in [4.69, 9.17) is 5.73 Å². The molecular weight excluding hydrogens is 302 g/mol. The first-order valence-corrected chi connectivity index (χ1v) is 5.99. The Balaban J connectivity index is 3.17. The van der Waals surface area contributed by atoms with Gasteiger partial charge in [0.25, 0.3) is 0 Å². The van der Waals surface area contributed by atoms with Crippen molar-refractivity contribution in [2.45, 2.75) is 26.1 Å². The van der Waals surface area contributed by atoms with Crippen LogP contribution in [0.3, 0.4) is 0 Å². The fourth-order valence-corrected chi connectivity index (χ4v) is 1.79. The van der Waals surface area contributed by atoms with E-state index < -0.39 is 30.9 Å². The highest BCUT2D eigenvalue weighted by Gasteiger charge is 2.31. The zero-order valence-corrected chi connectivity index (χ0v) is 11.1. The van der Waals surface area contributed by atoms with Crippen molar-refractivity contribution in [2.75, 3.05) is 23.7 Å². The number of nitrogens with zero attached hydrogens (tertiary/aromatic N) is 1. The summed E-state index contributed by atoms with van der Waals surface area (Å²) in [6.45, 7) is -3.01. The maximum atomic E-state index is 13.4. The number of nitrogens with two attached hydrogens (primary N) is 1. The first-order valence-electron chi connectivity index (χ1n) is 5.99. The van der Waals surface area contributed by atoms with Gasteiger partial charge in [-0.05, 0) is 6.42 Å². The molecule has 3 nitrogen and oxygen atoms in total. The maximum absolute atomic E-state index is 13.4. The Labute approximate surface area is 117 Å². The second-order valence-electron chi connectivity index (χ2n) is 4.26. The Kier molecular flexibility index (Phi) is 5.56. The molecule has 1 aromatic carbocycles. The Morgan fingerprint density at radius 1 is 1.29 bits per heavy atom. The molecular formula is C12H14F6N2O. The van der Waals surface area contributed by atoms with E-state index in [9.17, 15) is 26.3 Å². The van der Waals surface area contributed by atoms with E-state index in [0.29, 0.717) is 12.5 Å². The van der Waals surface area contributed by atoms with Crippen LogP contribution in [0.15, 0.2) is 12.1 Å². The molecule has 0 aliphatic rings. The predicted molar refractivity (Wildman–Crippen MR) is 66.0 cm³/mol. The van der Waals surface area contributed by atoms with E-state index in [1.807, 2.05) is 0 Å². The Bertz CT molecular complexity index is 478. The van der Waals surface area contributed by atoms with Gasteiger partial charge in [-0.3, -0.25) is 0 Å². The van der Waals surface area contributed by atoms with Crippen LogP contribution >= 0.6 is 0 Å². The molecule has 0 amide bonds. The fourth-order valence-electron chi connectivity index (χ4n) is 1.79. The molecule has 0 bridgehead atoms. The molecule has 0 aliphatic heterocycles. The number of nitrogen functional groups attached to an aromatic ring is 1. The number of halogens is 6. The molecule has 9 heteroatoms. The summed E-state index contributed by atoms with van der Waals surface area (Å²) >= 11 is 0. The minimum atomic E-state index is -4.51. The van der Waals surface area contributed by atoms with E-state index in [1.165, 1.54) is 0 Å². The van der Waals surface area contributed by atoms with E-state index >= 15 is 0 Å². The molecule has 0 radical (unpaired) electrons. The van der Waals surface area contributed by atoms with Gasteiger partial charge in [-0.2, -0.15) is 22.0 Å². The lowest BCUT2D eigenvalue weighted by Gasteiger charge is -2.27. The van der Waals surface area contributed by atoms with Crippen LogP contribution in [0, 0.1) is 5.82 Å². The van der Waals surface area contributed by atoms with Gasteiger partial charge in [0.1, 0.15) is 6.54 Å². The van der Waals surface area contributed by atoms with Crippen LogP contribution in [-0.4, -0.2) is 25.9 Å². The monoisotopic (exact) mass is 316 g/mol. The normalized spacial score (nSPS) is 11.8. The predicted octanol–water partition coefficient (Wildman–Crippen LogP) is 3.79. The SMILES string of the molecule is CCCN(CC(F)(F)F)c1cc(OC(F)F)c(F)cc1N. The van der Waals surface area contributed by atoms with Crippen molar-refractivity contribution in [3.63, 3.8) is 0 Å². The number of anilines is 2. The average molecular weight is 316 g/mol. The third-order valence-electron chi connectivity index (χ3n) is 2.50. The highest BCUT2D eigenvalue weighted by Crippen LogP contribution is 2.33. The van der Waals surface area contributed by atoms with E-state index in [2.05, 4.69) is 4.74 Å². The van der Waals surface area contributed by atoms with Crippen LogP contribution in [0.1, 0.15) is 13.3 Å². The highest BCUT2D eigenvalue weighted by molar-refractivity contribution is 5.70. The van der Waals surface area contributed by atoms with Crippen molar-refractivity contribution < 1.29 is 31.1 Å². The van der Waals surface area contributed by atoms with Crippen molar-refractivity contribution in [1.29, 1.82) is 0 Å². The second kappa shape index (κ2) is 6.77. The molecule has 0 atom stereocenters. The Morgan fingerprint density at radius 3 is 2.38 bits per heavy atom. The van der Waals surface area contributed by atoms with E-state index in [0.717, 1.165) is 11.0 Å². The first-order chi connectivity index (χ1) is 9.64. The number of alkyl halides is 5. The molecule has 0 saturated carbocycles. The lowest BCUT2D eigenvalue weighted by molar-refractivity contribution is -0.119. The molecule has 0 saturated heterocycles. The molecule has 0 heterocycles. The van der Waals surface area contributed by atoms with Gasteiger partial charge in [0, 0.05) is 18.7 Å². The third kappa shape index (κ3) is 5.24. The van der Waals surface area contributed by atoms with Gasteiger partial charge in [-0.15, -0.1) is 0 Å². The lowest BCUT2D eigenvalue weighted by atomic mass is 10.2. The van der Waals surface area contributed by atoms with Crippen LogP contribution in [0.5, 0.6) is 5.75 Å². The van der Waals surface area contributed by atoms with Crippen molar-refractivity contribution in [2.24, 2.45) is 0 Å². The van der Waals surface area contributed by atoms with Crippen LogP contribution in [0.2, 0.25) is 0 Å². The molecule has 0 unspecified atom stereocenters. The smallest absolute Gasteiger partial charge is 0.405 e. The van der Waals surface area contributed by atoms with Gasteiger partial charge in [0.2, 0.25) is 0 Å². The standard InChI is InChI=1S/C12H14F6N2O/c1-2-3-20(6-12(16,17)18)9-5-10(21-11(14)15)7(13)4-8(9)19/h4-5,11H,2-3,6,19H2,1H3. The summed E-state index contributed by atoms with van der Waals surface area (Å²) in [4.78, 5) is 0.840. The molecule has 1 rings (SSSR count). The number of benzene rings is 1. The van der Waals surface area contributed by atoms with Crippen LogP contribution in [0.25, 0.3) is 0 Å². The summed E-state index contributed by atoms with van der Waals surface area (Å²) < 4.78 is 79.2. The summed E-state index contributed by atoms with van der Waals surface area (Å²) in [7, 11) is 0. The molecule has 0 aromatic heterocycles. The topological polar surface area (TPSA) is 38.5 Å². The molecule has 120 valence electrons. The van der Waals surface area contributed by atoms with Crippen LogP contribution < -0.4 is 15.4 Å². The number of hydrogen-bond acceptors (Lipinski definition) is 3. The quantitative estimate of drug-likeness (QED) is 0.641. The zero-order chi connectivity index (χ0) is 16.2. The summed E-state index contributed by atoms with van der Waals surface area (Å²) in [5, 5.41) is 0. The van der Waals surface area contributed by atoms with Gasteiger partial charge in [0.05, 0.1) is 11.4 Å². The van der Waals surface area contributed by atoms with Gasteiger partial charge in [-0.25, -0.2) is 4.39 Å². The lowest BCUT2D eigenvalue weighted by Crippen LogP contribution is -2.35. The van der Waals surface area contributed by atoms with Gasteiger partial charge < -0.3 is 15.4 Å². The Morgan fingerprint density at radius 2 is 1.90 bits per heavy atom. The Hall–Kier alpha value is -1.80. The zero-order valence-electron chi connectivity index (χ0n) is 11.1. The van der Waals surface area contributed by atoms with Crippen molar-refractivity contribution in [1.82, 2.24) is 0 Å².